The number of benzene rings is 2. The van der Waals surface area contributed by atoms with Gasteiger partial charge in [-0.1, -0.05) is 36.4 Å². The summed E-state index contributed by atoms with van der Waals surface area (Å²) in [5.74, 6) is 0. The van der Waals surface area contributed by atoms with E-state index in [0.29, 0.717) is 25.3 Å². The van der Waals surface area contributed by atoms with E-state index in [4.69, 9.17) is 0 Å². The van der Waals surface area contributed by atoms with Crippen LogP contribution in [0.1, 0.15) is 18.4 Å². The van der Waals surface area contributed by atoms with E-state index in [9.17, 15) is 18.0 Å². The molecule has 0 spiro atoms. The molecule has 4 rings (SSSR count). The molecule has 8 heteroatoms. The van der Waals surface area contributed by atoms with Gasteiger partial charge in [-0.05, 0) is 43.7 Å². The summed E-state index contributed by atoms with van der Waals surface area (Å²) >= 11 is 0. The molecule has 174 valence electrons. The third kappa shape index (κ3) is 6.01. The average molecular weight is 457 g/mol. The van der Waals surface area contributed by atoms with Crippen molar-refractivity contribution in [2.24, 2.45) is 0 Å². The van der Waals surface area contributed by atoms with Gasteiger partial charge in [0.05, 0.1) is 11.3 Å². The van der Waals surface area contributed by atoms with Crippen LogP contribution in [0.15, 0.2) is 71.5 Å². The van der Waals surface area contributed by atoms with E-state index in [1.165, 1.54) is 16.8 Å². The van der Waals surface area contributed by atoms with Crippen LogP contribution in [0.4, 0.5) is 18.9 Å². The highest BCUT2D eigenvalue weighted by Crippen LogP contribution is 2.31. The zero-order chi connectivity index (χ0) is 23.3. The number of nitrogens with zero attached hydrogens (tertiary/aromatic N) is 4. The van der Waals surface area contributed by atoms with E-state index in [-0.39, 0.29) is 5.56 Å². The van der Waals surface area contributed by atoms with Crippen LogP contribution in [0.25, 0.3) is 11.3 Å². The smallest absolute Gasteiger partial charge is 0.369 e. The monoisotopic (exact) mass is 456 g/mol. The van der Waals surface area contributed by atoms with Crippen LogP contribution < -0.4 is 10.5 Å². The first-order valence-corrected chi connectivity index (χ1v) is 11.2. The van der Waals surface area contributed by atoms with Gasteiger partial charge in [-0.3, -0.25) is 9.69 Å². The molecule has 0 radical (unpaired) electrons. The molecule has 33 heavy (non-hydrogen) atoms. The summed E-state index contributed by atoms with van der Waals surface area (Å²) in [7, 11) is 0. The van der Waals surface area contributed by atoms with Gasteiger partial charge in [-0.15, -0.1) is 0 Å². The van der Waals surface area contributed by atoms with Gasteiger partial charge in [0, 0.05) is 50.0 Å². The van der Waals surface area contributed by atoms with Crippen LogP contribution >= 0.6 is 0 Å². The largest absolute Gasteiger partial charge is 0.416 e. The topological polar surface area (TPSA) is 41.4 Å². The van der Waals surface area contributed by atoms with Crippen LogP contribution in [-0.2, 0) is 12.7 Å². The van der Waals surface area contributed by atoms with Gasteiger partial charge in [0.2, 0.25) is 0 Å². The summed E-state index contributed by atoms with van der Waals surface area (Å²) in [6.45, 7) is 4.45. The van der Waals surface area contributed by atoms with Crippen molar-refractivity contribution in [1.82, 2.24) is 14.7 Å². The Morgan fingerprint density at radius 3 is 2.27 bits per heavy atom. The summed E-state index contributed by atoms with van der Waals surface area (Å²) in [5.41, 5.74) is 1.66. The molecule has 1 aromatic heterocycles. The van der Waals surface area contributed by atoms with Crippen molar-refractivity contribution in [3.63, 3.8) is 0 Å². The van der Waals surface area contributed by atoms with E-state index in [1.807, 2.05) is 35.2 Å². The fourth-order valence-electron chi connectivity index (χ4n) is 4.08. The van der Waals surface area contributed by atoms with Gasteiger partial charge in [0.1, 0.15) is 0 Å². The Morgan fingerprint density at radius 1 is 0.818 bits per heavy atom. The molecule has 3 aromatic rings. The third-order valence-corrected chi connectivity index (χ3v) is 5.94. The standard InChI is InChI=1S/C25H27F3N4O/c26-25(27,28)21-9-6-10-22(19-21)31-17-15-30(16-18-31)13-4-5-14-32-24(33)12-11-23(29-32)20-7-2-1-3-8-20/h1-3,6-12,19H,4-5,13-18H2. The Kier molecular flexibility index (Phi) is 7.13. The van der Waals surface area contributed by atoms with Crippen molar-refractivity contribution >= 4 is 5.69 Å². The lowest BCUT2D eigenvalue weighted by atomic mass is 10.1. The molecule has 2 aromatic carbocycles. The molecule has 2 heterocycles. The summed E-state index contributed by atoms with van der Waals surface area (Å²) in [4.78, 5) is 16.5. The van der Waals surface area contributed by atoms with Crippen LogP contribution in [0.3, 0.4) is 0 Å². The number of hydrogen-bond acceptors (Lipinski definition) is 4. The Bertz CT molecular complexity index is 1110. The number of unbranched alkanes of at least 4 members (excludes halogenated alkanes) is 1. The lowest BCUT2D eigenvalue weighted by Gasteiger charge is -2.36. The fraction of sp³-hybridized carbons (Fsp3) is 0.360. The number of piperazine rings is 1. The Balaban J connectivity index is 1.24. The van der Waals surface area contributed by atoms with Crippen LogP contribution in [0.5, 0.6) is 0 Å². The summed E-state index contributed by atoms with van der Waals surface area (Å²) in [6.07, 6.45) is -2.57. The molecule has 0 N–H and O–H groups in total. The molecule has 1 fully saturated rings. The molecular formula is C25H27F3N4O. The van der Waals surface area contributed by atoms with Gasteiger partial charge in [0.15, 0.2) is 0 Å². The minimum absolute atomic E-state index is 0.107. The van der Waals surface area contributed by atoms with Crippen molar-refractivity contribution in [1.29, 1.82) is 0 Å². The second-order valence-corrected chi connectivity index (χ2v) is 8.23. The first-order chi connectivity index (χ1) is 15.9. The highest BCUT2D eigenvalue weighted by Gasteiger charge is 2.31. The first-order valence-electron chi connectivity index (χ1n) is 11.2. The van der Waals surface area contributed by atoms with Gasteiger partial charge in [-0.25, -0.2) is 4.68 Å². The van der Waals surface area contributed by atoms with E-state index in [2.05, 4.69) is 10.00 Å². The summed E-state index contributed by atoms with van der Waals surface area (Å²) in [6, 6.07) is 18.6. The SMILES string of the molecule is O=c1ccc(-c2ccccc2)nn1CCCCN1CCN(c2cccc(C(F)(F)F)c2)CC1. The van der Waals surface area contributed by atoms with Crippen molar-refractivity contribution in [2.75, 3.05) is 37.6 Å². The number of rotatable bonds is 7. The molecule has 1 saturated heterocycles. The Morgan fingerprint density at radius 2 is 1.55 bits per heavy atom. The van der Waals surface area contributed by atoms with E-state index in [1.54, 1.807) is 18.2 Å². The molecule has 0 aliphatic carbocycles. The molecule has 0 amide bonds. The van der Waals surface area contributed by atoms with Crippen molar-refractivity contribution in [2.45, 2.75) is 25.6 Å². The maximum Gasteiger partial charge on any atom is 0.416 e. The minimum atomic E-state index is -4.32. The number of aromatic nitrogens is 2. The van der Waals surface area contributed by atoms with E-state index in [0.717, 1.165) is 49.8 Å². The molecule has 5 nitrogen and oxygen atoms in total. The zero-order valence-electron chi connectivity index (χ0n) is 18.3. The van der Waals surface area contributed by atoms with Gasteiger partial charge < -0.3 is 4.90 Å². The molecule has 0 bridgehead atoms. The highest BCUT2D eigenvalue weighted by molar-refractivity contribution is 5.57. The third-order valence-electron chi connectivity index (χ3n) is 5.94. The van der Waals surface area contributed by atoms with Gasteiger partial charge in [0.25, 0.3) is 5.56 Å². The minimum Gasteiger partial charge on any atom is -0.369 e. The number of hydrogen-bond donors (Lipinski definition) is 0. The predicted octanol–water partition coefficient (Wildman–Crippen LogP) is 4.53. The number of halogens is 3. The van der Waals surface area contributed by atoms with E-state index < -0.39 is 11.7 Å². The molecule has 0 saturated carbocycles. The predicted molar refractivity (Wildman–Crippen MR) is 123 cm³/mol. The molecule has 1 aliphatic rings. The second kappa shape index (κ2) is 10.2. The van der Waals surface area contributed by atoms with Gasteiger partial charge in [-0.2, -0.15) is 18.3 Å². The molecule has 0 unspecified atom stereocenters. The molecule has 1 aliphatic heterocycles. The number of aryl methyl sites for hydroxylation is 1. The normalized spacial score (nSPS) is 15.1. The quantitative estimate of drug-likeness (QED) is 0.490. The zero-order valence-corrected chi connectivity index (χ0v) is 18.3. The van der Waals surface area contributed by atoms with Gasteiger partial charge >= 0.3 is 6.18 Å². The van der Waals surface area contributed by atoms with Crippen molar-refractivity contribution < 1.29 is 13.2 Å². The van der Waals surface area contributed by atoms with Crippen molar-refractivity contribution in [3.8, 4) is 11.3 Å². The van der Waals surface area contributed by atoms with Crippen LogP contribution in [-0.4, -0.2) is 47.4 Å². The number of alkyl halides is 3. The summed E-state index contributed by atoms with van der Waals surface area (Å²) < 4.78 is 40.4. The van der Waals surface area contributed by atoms with Crippen molar-refractivity contribution in [3.05, 3.63) is 82.6 Å². The van der Waals surface area contributed by atoms with Crippen LogP contribution in [0.2, 0.25) is 0 Å². The Hall–Kier alpha value is -3.13. The fourth-order valence-corrected chi connectivity index (χ4v) is 4.08. The Labute approximate surface area is 191 Å². The number of anilines is 1. The maximum atomic E-state index is 13.0. The first kappa shape index (κ1) is 23.0. The lowest BCUT2D eigenvalue weighted by Crippen LogP contribution is -2.46. The van der Waals surface area contributed by atoms with Crippen LogP contribution in [0, 0.1) is 0 Å². The highest BCUT2D eigenvalue weighted by atomic mass is 19.4. The maximum absolute atomic E-state index is 13.0. The molecule has 0 atom stereocenters. The summed E-state index contributed by atoms with van der Waals surface area (Å²) in [5, 5.41) is 4.50. The average Bonchev–Trinajstić information content (AvgIpc) is 2.83. The lowest BCUT2D eigenvalue weighted by molar-refractivity contribution is -0.137. The van der Waals surface area contributed by atoms with E-state index >= 15 is 0 Å². The molecular weight excluding hydrogens is 429 g/mol. The second-order valence-electron chi connectivity index (χ2n) is 8.23.